The van der Waals surface area contributed by atoms with Crippen LogP contribution in [0.25, 0.3) is 0 Å². The first-order valence-electron chi connectivity index (χ1n) is 3.42. The van der Waals surface area contributed by atoms with E-state index in [0.717, 1.165) is 0 Å². The summed E-state index contributed by atoms with van der Waals surface area (Å²) in [5.74, 6) is -0.328. The maximum atomic E-state index is 10.9. The summed E-state index contributed by atoms with van der Waals surface area (Å²) in [6.07, 6.45) is 6.34. The van der Waals surface area contributed by atoms with E-state index in [1.807, 2.05) is 0 Å². The Labute approximate surface area is 65.2 Å². The van der Waals surface area contributed by atoms with Crippen LogP contribution in [0.3, 0.4) is 0 Å². The first-order valence-corrected chi connectivity index (χ1v) is 3.42. The molecule has 0 aliphatic heterocycles. The van der Waals surface area contributed by atoms with Gasteiger partial charge < -0.3 is 10.8 Å². The fourth-order valence-electron chi connectivity index (χ4n) is 0.996. The van der Waals surface area contributed by atoms with Gasteiger partial charge in [-0.25, -0.2) is 0 Å². The number of aliphatic hydroxyl groups is 1. The molecular weight excluding hydrogens is 142 g/mol. The minimum Gasteiger partial charge on any atom is -0.376 e. The minimum absolute atomic E-state index is 0.328. The van der Waals surface area contributed by atoms with Crippen LogP contribution in [0.5, 0.6) is 0 Å². The number of allylic oxidation sites excluding steroid dienone is 2. The van der Waals surface area contributed by atoms with Gasteiger partial charge in [-0.3, -0.25) is 4.79 Å². The molecule has 2 unspecified atom stereocenters. The molecule has 3 nitrogen and oxygen atoms in total. The normalized spacial score (nSPS) is 35.7. The average Bonchev–Trinajstić information content (AvgIpc) is 1.95. The van der Waals surface area contributed by atoms with Crippen molar-refractivity contribution in [2.45, 2.75) is 18.6 Å². The average molecular weight is 153 g/mol. The van der Waals surface area contributed by atoms with Crippen molar-refractivity contribution >= 4 is 5.78 Å². The first kappa shape index (κ1) is 8.17. The van der Waals surface area contributed by atoms with E-state index in [4.69, 9.17) is 5.73 Å². The van der Waals surface area contributed by atoms with Gasteiger partial charge in [0.15, 0.2) is 11.4 Å². The summed E-state index contributed by atoms with van der Waals surface area (Å²) in [7, 11) is 0. The molecule has 0 aromatic carbocycles. The third-order valence-corrected chi connectivity index (χ3v) is 1.85. The predicted octanol–water partition coefficient (Wildman–Crippen LogP) is -0.240. The van der Waals surface area contributed by atoms with Crippen LogP contribution in [0.15, 0.2) is 24.3 Å². The Morgan fingerprint density at radius 2 is 2.27 bits per heavy atom. The zero-order chi connectivity index (χ0) is 8.48. The fraction of sp³-hybridized carbons (Fsp3) is 0.375. The second-order valence-corrected chi connectivity index (χ2v) is 2.65. The molecule has 3 N–H and O–H groups in total. The number of carbonyl (C=O) groups is 1. The van der Waals surface area contributed by atoms with E-state index in [1.54, 1.807) is 18.2 Å². The van der Waals surface area contributed by atoms with E-state index in [2.05, 4.69) is 0 Å². The quantitative estimate of drug-likeness (QED) is 0.546. The molecule has 11 heavy (non-hydrogen) atoms. The third kappa shape index (κ3) is 1.25. The molecule has 1 aliphatic carbocycles. The highest BCUT2D eigenvalue weighted by molar-refractivity contribution is 5.88. The Kier molecular flexibility index (Phi) is 1.93. The summed E-state index contributed by atoms with van der Waals surface area (Å²) in [5, 5.41) is 9.60. The van der Waals surface area contributed by atoms with Crippen molar-refractivity contribution in [3.63, 3.8) is 0 Å². The van der Waals surface area contributed by atoms with Crippen LogP contribution >= 0.6 is 0 Å². The summed E-state index contributed by atoms with van der Waals surface area (Å²) in [4.78, 5) is 10.9. The van der Waals surface area contributed by atoms with Crippen LogP contribution in [-0.4, -0.2) is 22.5 Å². The van der Waals surface area contributed by atoms with Crippen molar-refractivity contribution in [1.29, 1.82) is 0 Å². The highest BCUT2D eigenvalue weighted by Crippen LogP contribution is 2.17. The topological polar surface area (TPSA) is 63.3 Å². The van der Waals surface area contributed by atoms with Crippen LogP contribution < -0.4 is 5.73 Å². The van der Waals surface area contributed by atoms with Crippen LogP contribution in [0, 0.1) is 0 Å². The van der Waals surface area contributed by atoms with E-state index in [1.165, 1.54) is 13.0 Å². The first-order chi connectivity index (χ1) is 5.07. The summed E-state index contributed by atoms with van der Waals surface area (Å²) < 4.78 is 0. The molecule has 1 aliphatic rings. The van der Waals surface area contributed by atoms with Gasteiger partial charge in [0.1, 0.15) is 0 Å². The smallest absolute Gasteiger partial charge is 0.167 e. The lowest BCUT2D eigenvalue weighted by molar-refractivity contribution is -0.131. The van der Waals surface area contributed by atoms with Crippen molar-refractivity contribution in [3.05, 3.63) is 24.3 Å². The Balaban J connectivity index is 2.94. The lowest BCUT2D eigenvalue weighted by Gasteiger charge is -2.27. The zero-order valence-electron chi connectivity index (χ0n) is 6.32. The van der Waals surface area contributed by atoms with Gasteiger partial charge in [-0.2, -0.15) is 0 Å². The van der Waals surface area contributed by atoms with Crippen molar-refractivity contribution in [3.8, 4) is 0 Å². The fourth-order valence-corrected chi connectivity index (χ4v) is 0.996. The Hall–Kier alpha value is -0.930. The largest absolute Gasteiger partial charge is 0.376 e. The van der Waals surface area contributed by atoms with E-state index in [-0.39, 0.29) is 5.78 Å². The minimum atomic E-state index is -1.49. The molecule has 0 aromatic rings. The summed E-state index contributed by atoms with van der Waals surface area (Å²) >= 11 is 0. The number of ketones is 1. The van der Waals surface area contributed by atoms with E-state index >= 15 is 0 Å². The van der Waals surface area contributed by atoms with Gasteiger partial charge >= 0.3 is 0 Å². The van der Waals surface area contributed by atoms with E-state index < -0.39 is 11.6 Å². The van der Waals surface area contributed by atoms with Gasteiger partial charge in [0.05, 0.1) is 6.04 Å². The molecule has 0 spiro atoms. The summed E-state index contributed by atoms with van der Waals surface area (Å²) in [5.41, 5.74) is 4.01. The number of hydrogen-bond acceptors (Lipinski definition) is 3. The molecule has 60 valence electrons. The molecule has 3 heteroatoms. The lowest BCUT2D eigenvalue weighted by atomic mass is 9.87. The predicted molar refractivity (Wildman–Crippen MR) is 41.9 cm³/mol. The third-order valence-electron chi connectivity index (χ3n) is 1.85. The molecule has 2 atom stereocenters. The summed E-state index contributed by atoms with van der Waals surface area (Å²) in [6, 6.07) is -0.620. The number of carbonyl (C=O) groups excluding carboxylic acids is 1. The van der Waals surface area contributed by atoms with Gasteiger partial charge in [-0.15, -0.1) is 0 Å². The standard InChI is InChI=1S/C8H11NO2/c1-6(10)8(11)5-3-2-4-7(8)9/h2-5,7,11H,9H2,1H3. The molecule has 0 saturated carbocycles. The number of nitrogens with two attached hydrogens (primary N) is 1. The number of Topliss-reactive ketones (excluding diaryl/α,β-unsaturated/α-hetero) is 1. The molecular formula is C8H11NO2. The molecule has 0 saturated heterocycles. The van der Waals surface area contributed by atoms with Crippen molar-refractivity contribution in [2.24, 2.45) is 5.73 Å². The van der Waals surface area contributed by atoms with Crippen molar-refractivity contribution < 1.29 is 9.90 Å². The summed E-state index contributed by atoms with van der Waals surface area (Å²) in [6.45, 7) is 1.32. The number of hydrogen-bond donors (Lipinski definition) is 2. The van der Waals surface area contributed by atoms with E-state index in [9.17, 15) is 9.90 Å². The molecule has 0 bridgehead atoms. The monoisotopic (exact) mass is 153 g/mol. The van der Waals surface area contributed by atoms with Gasteiger partial charge in [0, 0.05) is 0 Å². The Morgan fingerprint density at radius 1 is 1.64 bits per heavy atom. The molecule has 1 rings (SSSR count). The molecule has 0 amide bonds. The van der Waals surface area contributed by atoms with Gasteiger partial charge in [0.25, 0.3) is 0 Å². The molecule has 0 fully saturated rings. The number of rotatable bonds is 1. The second-order valence-electron chi connectivity index (χ2n) is 2.65. The van der Waals surface area contributed by atoms with Crippen molar-refractivity contribution in [2.75, 3.05) is 0 Å². The second kappa shape index (κ2) is 2.60. The van der Waals surface area contributed by atoms with Gasteiger partial charge in [-0.05, 0) is 13.0 Å². The highest BCUT2D eigenvalue weighted by atomic mass is 16.3. The molecule has 0 aromatic heterocycles. The zero-order valence-corrected chi connectivity index (χ0v) is 6.32. The van der Waals surface area contributed by atoms with E-state index in [0.29, 0.717) is 0 Å². The SMILES string of the molecule is CC(=O)C1(O)C=CC=CC1N. The maximum absolute atomic E-state index is 10.9. The van der Waals surface area contributed by atoms with Gasteiger partial charge in [0.2, 0.25) is 0 Å². The highest BCUT2D eigenvalue weighted by Gasteiger charge is 2.36. The van der Waals surface area contributed by atoms with Gasteiger partial charge in [-0.1, -0.05) is 18.2 Å². The van der Waals surface area contributed by atoms with Crippen LogP contribution in [0.4, 0.5) is 0 Å². The van der Waals surface area contributed by atoms with Crippen LogP contribution in [0.1, 0.15) is 6.92 Å². The Morgan fingerprint density at radius 3 is 2.64 bits per heavy atom. The molecule has 0 heterocycles. The van der Waals surface area contributed by atoms with Crippen molar-refractivity contribution in [1.82, 2.24) is 0 Å². The van der Waals surface area contributed by atoms with Crippen LogP contribution in [-0.2, 0) is 4.79 Å². The maximum Gasteiger partial charge on any atom is 0.167 e. The molecule has 0 radical (unpaired) electrons. The van der Waals surface area contributed by atoms with Crippen LogP contribution in [0.2, 0.25) is 0 Å². The lowest BCUT2D eigenvalue weighted by Crippen LogP contribution is -2.51. The Bertz CT molecular complexity index is 232.